The molecule has 0 unspecified atom stereocenters. The molecular weight excluding hydrogens is 345 g/mol. The van der Waals surface area contributed by atoms with Crippen LogP contribution in [0.15, 0.2) is 48.5 Å². The van der Waals surface area contributed by atoms with E-state index >= 15 is 0 Å². The summed E-state index contributed by atoms with van der Waals surface area (Å²) in [6.45, 7) is 0.454. The Morgan fingerprint density at radius 3 is 2.46 bits per heavy atom. The number of amides is 1. The molecule has 0 atom stereocenters. The van der Waals surface area contributed by atoms with Crippen molar-refractivity contribution in [3.63, 3.8) is 0 Å². The zero-order valence-corrected chi connectivity index (χ0v) is 15.0. The first-order valence-electron chi connectivity index (χ1n) is 7.71. The van der Waals surface area contributed by atoms with E-state index in [9.17, 15) is 9.59 Å². The van der Waals surface area contributed by atoms with E-state index in [0.29, 0.717) is 35.9 Å². The van der Waals surface area contributed by atoms with E-state index in [2.05, 4.69) is 0 Å². The number of likely N-dealkylation sites (N-methyl/N-ethyl adjacent to an activating group) is 1. The molecule has 2 aromatic rings. The van der Waals surface area contributed by atoms with Gasteiger partial charge in [-0.1, -0.05) is 41.9 Å². The number of rotatable bonds is 7. The highest BCUT2D eigenvalue weighted by atomic mass is 35.5. The summed E-state index contributed by atoms with van der Waals surface area (Å²) in [4.78, 5) is 26.4. The molecule has 0 aliphatic rings. The predicted octanol–water partition coefficient (Wildman–Crippen LogP) is 4.20. The molecule has 2 aromatic carbocycles. The molecule has 1 amide bonds. The van der Waals surface area contributed by atoms with Crippen molar-refractivity contribution in [1.82, 2.24) is 4.90 Å². The minimum absolute atomic E-state index is 0.394. The summed E-state index contributed by atoms with van der Waals surface area (Å²) in [5.41, 5.74) is 2.19. The second-order valence-corrected chi connectivity index (χ2v) is 6.38. The van der Waals surface area contributed by atoms with Gasteiger partial charge in [-0.05, 0) is 42.2 Å². The van der Waals surface area contributed by atoms with Crippen molar-refractivity contribution in [2.75, 3.05) is 19.5 Å². The maximum Gasteiger partial charge on any atom is 0.294 e. The molecule has 0 heterocycles. The summed E-state index contributed by atoms with van der Waals surface area (Å²) in [5.74, 6) is -0.599. The van der Waals surface area contributed by atoms with Crippen LogP contribution < -0.4 is 0 Å². The van der Waals surface area contributed by atoms with Gasteiger partial charge < -0.3 is 4.90 Å². The molecular formula is C19H19Cl2NO2. The van der Waals surface area contributed by atoms with Crippen molar-refractivity contribution in [2.24, 2.45) is 0 Å². The molecule has 0 spiro atoms. The van der Waals surface area contributed by atoms with Crippen molar-refractivity contribution in [3.05, 3.63) is 70.2 Å². The van der Waals surface area contributed by atoms with Crippen LogP contribution in [0.2, 0.25) is 5.02 Å². The number of ketones is 1. The van der Waals surface area contributed by atoms with Crippen LogP contribution in [0, 0.1) is 0 Å². The molecule has 0 radical (unpaired) electrons. The summed E-state index contributed by atoms with van der Waals surface area (Å²) in [6, 6.07) is 14.8. The van der Waals surface area contributed by atoms with Crippen LogP contribution >= 0.6 is 23.2 Å². The molecule has 5 heteroatoms. The van der Waals surface area contributed by atoms with Crippen molar-refractivity contribution in [2.45, 2.75) is 12.8 Å². The van der Waals surface area contributed by atoms with Crippen LogP contribution in [-0.2, 0) is 11.2 Å². The molecule has 0 fully saturated rings. The first kappa shape index (κ1) is 18.5. The second-order valence-electron chi connectivity index (χ2n) is 5.56. The molecule has 126 valence electrons. The fraction of sp³-hybridized carbons (Fsp3) is 0.263. The van der Waals surface area contributed by atoms with Gasteiger partial charge in [-0.25, -0.2) is 0 Å². The number of carbonyl (C=O) groups is 2. The van der Waals surface area contributed by atoms with E-state index in [0.717, 1.165) is 11.1 Å². The number of halogens is 2. The topological polar surface area (TPSA) is 37.4 Å². The fourth-order valence-corrected chi connectivity index (χ4v) is 2.75. The average molecular weight is 364 g/mol. The number of nitrogens with zero attached hydrogens (tertiary/aromatic N) is 1. The summed E-state index contributed by atoms with van der Waals surface area (Å²) in [7, 11) is 1.61. The Morgan fingerprint density at radius 1 is 1.08 bits per heavy atom. The molecule has 3 nitrogen and oxygen atoms in total. The van der Waals surface area contributed by atoms with Gasteiger partial charge in [-0.3, -0.25) is 9.59 Å². The monoisotopic (exact) mass is 363 g/mol. The van der Waals surface area contributed by atoms with Gasteiger partial charge in [0.05, 0.1) is 0 Å². The van der Waals surface area contributed by atoms with Gasteiger partial charge in [0.25, 0.3) is 11.7 Å². The summed E-state index contributed by atoms with van der Waals surface area (Å²) >= 11 is 11.7. The first-order chi connectivity index (χ1) is 11.5. The first-order valence-corrected chi connectivity index (χ1v) is 8.62. The molecule has 0 saturated heterocycles. The van der Waals surface area contributed by atoms with Gasteiger partial charge in [0.1, 0.15) is 0 Å². The summed E-state index contributed by atoms with van der Waals surface area (Å²) < 4.78 is 0. The molecule has 0 N–H and O–H groups in total. The third-order valence-corrected chi connectivity index (χ3v) is 4.22. The third-order valence-electron chi connectivity index (χ3n) is 3.72. The van der Waals surface area contributed by atoms with Crippen LogP contribution in [0.1, 0.15) is 27.9 Å². The third kappa shape index (κ3) is 4.83. The van der Waals surface area contributed by atoms with E-state index in [1.54, 1.807) is 25.2 Å². The van der Waals surface area contributed by atoms with Gasteiger partial charge >= 0.3 is 0 Å². The second kappa shape index (κ2) is 8.86. The van der Waals surface area contributed by atoms with E-state index in [1.807, 2.05) is 30.3 Å². The largest absolute Gasteiger partial charge is 0.339 e. The van der Waals surface area contributed by atoms with Crippen molar-refractivity contribution in [1.29, 1.82) is 0 Å². The fourth-order valence-electron chi connectivity index (χ4n) is 2.43. The quantitative estimate of drug-likeness (QED) is 0.420. The summed E-state index contributed by atoms with van der Waals surface area (Å²) in [5, 5.41) is 0.542. The highest BCUT2D eigenvalue weighted by Crippen LogP contribution is 2.20. The Bertz CT molecular complexity index is 717. The molecule has 0 aliphatic carbocycles. The van der Waals surface area contributed by atoms with E-state index in [4.69, 9.17) is 23.2 Å². The maximum absolute atomic E-state index is 12.6. The molecule has 24 heavy (non-hydrogen) atoms. The van der Waals surface area contributed by atoms with Gasteiger partial charge in [0, 0.05) is 30.1 Å². The SMILES string of the molecule is CN(CCCCl)C(=O)C(=O)c1ccc(Cl)cc1Cc1ccccc1. The molecule has 0 aliphatic heterocycles. The minimum atomic E-state index is -0.531. The molecule has 0 aromatic heterocycles. The summed E-state index contributed by atoms with van der Waals surface area (Å²) in [6.07, 6.45) is 1.19. The van der Waals surface area contributed by atoms with Gasteiger partial charge in [-0.15, -0.1) is 11.6 Å². The number of alkyl halides is 1. The predicted molar refractivity (Wildman–Crippen MR) is 98.0 cm³/mol. The van der Waals surface area contributed by atoms with Crippen LogP contribution in [0.25, 0.3) is 0 Å². The number of benzene rings is 2. The lowest BCUT2D eigenvalue weighted by atomic mass is 9.97. The number of carbonyl (C=O) groups excluding carboxylic acids is 2. The maximum atomic E-state index is 12.6. The lowest BCUT2D eigenvalue weighted by Gasteiger charge is -2.17. The van der Waals surface area contributed by atoms with Gasteiger partial charge in [0.15, 0.2) is 0 Å². The van der Waals surface area contributed by atoms with Crippen LogP contribution in [-0.4, -0.2) is 36.1 Å². The van der Waals surface area contributed by atoms with Gasteiger partial charge in [-0.2, -0.15) is 0 Å². The molecule has 0 bridgehead atoms. The molecule has 2 rings (SSSR count). The lowest BCUT2D eigenvalue weighted by molar-refractivity contribution is -0.125. The average Bonchev–Trinajstić information content (AvgIpc) is 2.59. The minimum Gasteiger partial charge on any atom is -0.339 e. The van der Waals surface area contributed by atoms with Crippen molar-refractivity contribution < 1.29 is 9.59 Å². The Morgan fingerprint density at radius 2 is 1.79 bits per heavy atom. The normalized spacial score (nSPS) is 10.5. The van der Waals surface area contributed by atoms with Crippen molar-refractivity contribution in [3.8, 4) is 0 Å². The van der Waals surface area contributed by atoms with Gasteiger partial charge in [0.2, 0.25) is 0 Å². The van der Waals surface area contributed by atoms with Crippen LogP contribution in [0.3, 0.4) is 0 Å². The Labute approximate surface area is 152 Å². The van der Waals surface area contributed by atoms with E-state index in [1.165, 1.54) is 4.90 Å². The number of Topliss-reactive ketones (excluding diaryl/α,β-unsaturated/α-hetero) is 1. The van der Waals surface area contributed by atoms with Crippen molar-refractivity contribution >= 4 is 34.9 Å². The van der Waals surface area contributed by atoms with Crippen LogP contribution in [0.4, 0.5) is 0 Å². The highest BCUT2D eigenvalue weighted by molar-refractivity contribution is 6.43. The Kier molecular flexibility index (Phi) is 6.83. The molecule has 0 saturated carbocycles. The number of hydrogen-bond donors (Lipinski definition) is 0. The highest BCUT2D eigenvalue weighted by Gasteiger charge is 2.23. The zero-order chi connectivity index (χ0) is 17.5. The zero-order valence-electron chi connectivity index (χ0n) is 13.5. The van der Waals surface area contributed by atoms with Crippen LogP contribution in [0.5, 0.6) is 0 Å². The van der Waals surface area contributed by atoms with E-state index in [-0.39, 0.29) is 0 Å². The Hall–Kier alpha value is -1.84. The standard InChI is InChI=1S/C19H19Cl2NO2/c1-22(11-5-10-20)19(24)18(23)17-9-8-16(21)13-15(17)12-14-6-3-2-4-7-14/h2-4,6-9,13H,5,10-12H2,1H3. The lowest BCUT2D eigenvalue weighted by Crippen LogP contribution is -2.34. The number of hydrogen-bond acceptors (Lipinski definition) is 2. The van der Waals surface area contributed by atoms with E-state index < -0.39 is 11.7 Å². The smallest absolute Gasteiger partial charge is 0.294 e. The Balaban J connectivity index is 2.26.